The van der Waals surface area contributed by atoms with Gasteiger partial charge in [-0.2, -0.15) is 5.10 Å². The smallest absolute Gasteiger partial charge is 0.273 e. The number of aryl methyl sites for hydroxylation is 1. The third kappa shape index (κ3) is 5.86. The SMILES string of the molecule is C=CN=C.CC.Cc1cn(-c2c(F)cc([N+](=O)[O-])cc2F)nc1-c1ccncc1. The van der Waals surface area contributed by atoms with Crippen LogP contribution in [-0.4, -0.2) is 26.4 Å². The van der Waals surface area contributed by atoms with Gasteiger partial charge in [-0.1, -0.05) is 20.4 Å². The number of pyridine rings is 1. The quantitative estimate of drug-likeness (QED) is 0.338. The van der Waals surface area contributed by atoms with Crippen LogP contribution in [0.4, 0.5) is 14.5 Å². The van der Waals surface area contributed by atoms with Gasteiger partial charge in [0.2, 0.25) is 0 Å². The Kier molecular flexibility index (Phi) is 8.97. The maximum Gasteiger partial charge on any atom is 0.275 e. The van der Waals surface area contributed by atoms with E-state index < -0.39 is 27.9 Å². The van der Waals surface area contributed by atoms with Gasteiger partial charge in [-0.25, -0.2) is 13.5 Å². The summed E-state index contributed by atoms with van der Waals surface area (Å²) in [7, 11) is 0. The molecule has 1 aromatic carbocycles. The fourth-order valence-electron chi connectivity index (χ4n) is 2.25. The van der Waals surface area contributed by atoms with E-state index in [-0.39, 0.29) is 0 Å². The van der Waals surface area contributed by atoms with Crippen LogP contribution < -0.4 is 0 Å². The van der Waals surface area contributed by atoms with Crippen LogP contribution in [0.1, 0.15) is 19.4 Å². The molecule has 7 nitrogen and oxygen atoms in total. The minimum Gasteiger partial charge on any atom is -0.273 e. The number of nitro benzene ring substituents is 1. The van der Waals surface area contributed by atoms with Gasteiger partial charge < -0.3 is 0 Å². The van der Waals surface area contributed by atoms with Crippen LogP contribution in [0.25, 0.3) is 16.9 Å². The fraction of sp³-hybridized carbons (Fsp3) is 0.150. The lowest BCUT2D eigenvalue weighted by Crippen LogP contribution is -2.04. The van der Waals surface area contributed by atoms with Gasteiger partial charge in [-0.05, 0) is 31.3 Å². The van der Waals surface area contributed by atoms with Crippen LogP contribution in [-0.2, 0) is 0 Å². The van der Waals surface area contributed by atoms with Crippen LogP contribution in [0, 0.1) is 28.7 Å². The second kappa shape index (κ2) is 11.2. The number of hydrogen-bond donors (Lipinski definition) is 0. The molecule has 9 heteroatoms. The maximum atomic E-state index is 14.1. The number of aromatic nitrogens is 3. The van der Waals surface area contributed by atoms with Crippen molar-refractivity contribution < 1.29 is 13.7 Å². The van der Waals surface area contributed by atoms with Crippen LogP contribution in [0.2, 0.25) is 0 Å². The minimum atomic E-state index is -1.06. The molecule has 0 aliphatic carbocycles. The first kappa shape index (κ1) is 23.3. The minimum absolute atomic E-state index is 0.459. The zero-order valence-electron chi connectivity index (χ0n) is 16.3. The number of rotatable bonds is 4. The molecule has 0 N–H and O–H groups in total. The van der Waals surface area contributed by atoms with Crippen LogP contribution in [0.3, 0.4) is 0 Å². The van der Waals surface area contributed by atoms with Gasteiger partial charge in [-0.3, -0.25) is 20.1 Å². The molecule has 3 rings (SSSR count). The Hall–Kier alpha value is -3.75. The highest BCUT2D eigenvalue weighted by molar-refractivity contribution is 5.62. The Morgan fingerprint density at radius 1 is 1.21 bits per heavy atom. The lowest BCUT2D eigenvalue weighted by atomic mass is 10.1. The van der Waals surface area contributed by atoms with E-state index in [1.165, 1.54) is 12.4 Å². The van der Waals surface area contributed by atoms with Gasteiger partial charge in [0.15, 0.2) is 11.6 Å². The van der Waals surface area contributed by atoms with Crippen molar-refractivity contribution in [2.75, 3.05) is 0 Å². The summed E-state index contributed by atoms with van der Waals surface area (Å²) in [6.07, 6.45) is 6.02. The number of nitro groups is 1. The van der Waals surface area contributed by atoms with E-state index in [1.54, 1.807) is 31.5 Å². The molecule has 0 atom stereocenters. The highest BCUT2D eigenvalue weighted by Crippen LogP contribution is 2.27. The highest BCUT2D eigenvalue weighted by atomic mass is 19.1. The van der Waals surface area contributed by atoms with Crippen molar-refractivity contribution >= 4 is 12.4 Å². The van der Waals surface area contributed by atoms with Crippen molar-refractivity contribution in [1.29, 1.82) is 0 Å². The first-order valence-corrected chi connectivity index (χ1v) is 8.56. The first-order chi connectivity index (χ1) is 13.9. The number of non-ortho nitro benzene ring substituents is 1. The van der Waals surface area contributed by atoms with Crippen molar-refractivity contribution in [2.45, 2.75) is 20.8 Å². The highest BCUT2D eigenvalue weighted by Gasteiger charge is 2.20. The van der Waals surface area contributed by atoms with Crippen molar-refractivity contribution in [2.24, 2.45) is 4.99 Å². The lowest BCUT2D eigenvalue weighted by molar-refractivity contribution is -0.385. The molecule has 0 radical (unpaired) electrons. The number of hydrogen-bond acceptors (Lipinski definition) is 5. The first-order valence-electron chi connectivity index (χ1n) is 8.56. The molecule has 0 bridgehead atoms. The third-order valence-corrected chi connectivity index (χ3v) is 3.42. The van der Waals surface area contributed by atoms with Crippen LogP contribution in [0.15, 0.2) is 60.6 Å². The molecule has 29 heavy (non-hydrogen) atoms. The summed E-state index contributed by atoms with van der Waals surface area (Å²) in [6, 6.07) is 4.79. The Bertz CT molecular complexity index is 959. The third-order valence-electron chi connectivity index (χ3n) is 3.42. The molecule has 0 saturated heterocycles. The summed E-state index contributed by atoms with van der Waals surface area (Å²) < 4.78 is 29.2. The molecule has 0 spiro atoms. The average Bonchev–Trinajstić information content (AvgIpc) is 3.10. The Labute approximate surface area is 167 Å². The second-order valence-electron chi connectivity index (χ2n) is 5.22. The van der Waals surface area contributed by atoms with Gasteiger partial charge >= 0.3 is 0 Å². The number of benzene rings is 1. The molecule has 0 aliphatic rings. The van der Waals surface area contributed by atoms with Gasteiger partial charge in [0.05, 0.1) is 22.7 Å². The van der Waals surface area contributed by atoms with E-state index >= 15 is 0 Å². The van der Waals surface area contributed by atoms with Crippen molar-refractivity contribution in [3.63, 3.8) is 0 Å². The summed E-state index contributed by atoms with van der Waals surface area (Å²) in [6.45, 7) is 12.1. The lowest BCUT2D eigenvalue weighted by Gasteiger charge is -2.05. The molecule has 0 unspecified atom stereocenters. The van der Waals surface area contributed by atoms with Crippen LogP contribution in [0.5, 0.6) is 0 Å². The molecule has 0 amide bonds. The predicted molar refractivity (Wildman–Crippen MR) is 109 cm³/mol. The monoisotopic (exact) mass is 401 g/mol. The van der Waals surface area contributed by atoms with Gasteiger partial charge in [0, 0.05) is 30.4 Å². The maximum absolute atomic E-state index is 14.1. The van der Waals surface area contributed by atoms with E-state index in [4.69, 9.17) is 0 Å². The van der Waals surface area contributed by atoms with Crippen molar-refractivity contribution in [3.8, 4) is 16.9 Å². The molecule has 152 valence electrons. The molecular formula is C20H21F2N5O2. The normalized spacial score (nSPS) is 9.41. The van der Waals surface area contributed by atoms with E-state index in [2.05, 4.69) is 28.4 Å². The zero-order chi connectivity index (χ0) is 22.0. The summed E-state index contributed by atoms with van der Waals surface area (Å²) in [5.74, 6) is -2.11. The van der Waals surface area contributed by atoms with E-state index in [9.17, 15) is 18.9 Å². The largest absolute Gasteiger partial charge is 0.275 e. The van der Waals surface area contributed by atoms with Gasteiger partial charge in [0.1, 0.15) is 5.69 Å². The fourth-order valence-corrected chi connectivity index (χ4v) is 2.25. The molecule has 2 heterocycles. The Morgan fingerprint density at radius 3 is 2.17 bits per heavy atom. The molecule has 3 aromatic rings. The predicted octanol–water partition coefficient (Wildman–Crippen LogP) is 5.29. The molecule has 0 aliphatic heterocycles. The number of nitrogens with zero attached hydrogens (tertiary/aromatic N) is 5. The van der Waals surface area contributed by atoms with E-state index in [0.29, 0.717) is 23.4 Å². The number of aliphatic imine (C=N–C) groups is 1. The Morgan fingerprint density at radius 2 is 1.72 bits per heavy atom. The summed E-state index contributed by atoms with van der Waals surface area (Å²) in [4.78, 5) is 16.9. The summed E-state index contributed by atoms with van der Waals surface area (Å²) in [5, 5.41) is 14.8. The molecule has 2 aromatic heterocycles. The topological polar surface area (TPSA) is 86.2 Å². The average molecular weight is 401 g/mol. The van der Waals surface area contributed by atoms with Crippen molar-refractivity contribution in [3.05, 3.63) is 82.9 Å². The zero-order valence-corrected chi connectivity index (χ0v) is 16.3. The molecule has 0 saturated carbocycles. The molecular weight excluding hydrogens is 380 g/mol. The standard InChI is InChI=1S/C15H10F2N4O2.C3H5N.C2H6/c1-9-8-20(19-14(9)10-2-4-18-5-3-10)15-12(16)6-11(21(22)23)7-13(15)17;1-3-4-2;1-2/h2-8H,1H3;3H,1-2H2;1-2H3. The summed E-state index contributed by atoms with van der Waals surface area (Å²) >= 11 is 0. The van der Waals surface area contributed by atoms with Crippen LogP contribution >= 0.6 is 0 Å². The summed E-state index contributed by atoms with van der Waals surface area (Å²) in [5.41, 5.74) is 0.887. The van der Waals surface area contributed by atoms with Gasteiger partial charge in [0.25, 0.3) is 5.69 Å². The number of halogens is 2. The van der Waals surface area contributed by atoms with Gasteiger partial charge in [-0.15, -0.1) is 0 Å². The van der Waals surface area contributed by atoms with Crippen molar-refractivity contribution in [1.82, 2.24) is 14.8 Å². The second-order valence-corrected chi connectivity index (χ2v) is 5.22. The Balaban J connectivity index is 0.000000627. The van der Waals surface area contributed by atoms with E-state index in [0.717, 1.165) is 10.2 Å². The van der Waals surface area contributed by atoms with E-state index in [1.807, 2.05) is 13.8 Å². The molecule has 0 fully saturated rings.